The van der Waals surface area contributed by atoms with Crippen molar-refractivity contribution in [2.45, 2.75) is 45.7 Å². The highest BCUT2D eigenvalue weighted by molar-refractivity contribution is 7.09. The van der Waals surface area contributed by atoms with Gasteiger partial charge in [0.05, 0.1) is 0 Å². The van der Waals surface area contributed by atoms with Gasteiger partial charge < -0.3 is 5.32 Å². The number of thiazole rings is 1. The Balaban J connectivity index is 1.65. The molecule has 1 aliphatic rings. The van der Waals surface area contributed by atoms with Crippen LogP contribution in [0.5, 0.6) is 0 Å². The van der Waals surface area contributed by atoms with Gasteiger partial charge in [0, 0.05) is 23.7 Å². The number of hydrogen-bond acceptors (Lipinski definition) is 3. The van der Waals surface area contributed by atoms with Gasteiger partial charge in [0.25, 0.3) is 0 Å². The van der Waals surface area contributed by atoms with Gasteiger partial charge in [-0.1, -0.05) is 18.2 Å². The predicted octanol–water partition coefficient (Wildman–Crippen LogP) is 3.79. The van der Waals surface area contributed by atoms with E-state index >= 15 is 0 Å². The molecule has 3 rings (SSSR count). The zero-order chi connectivity index (χ0) is 13.2. The molecule has 0 aliphatic heterocycles. The van der Waals surface area contributed by atoms with Crippen LogP contribution in [0.25, 0.3) is 0 Å². The van der Waals surface area contributed by atoms with Crippen LogP contribution in [0.1, 0.15) is 46.8 Å². The largest absolute Gasteiger partial charge is 0.304 e. The summed E-state index contributed by atoms with van der Waals surface area (Å²) in [6, 6.07) is 7.35. The quantitative estimate of drug-likeness (QED) is 0.916. The Morgan fingerprint density at radius 1 is 1.32 bits per heavy atom. The van der Waals surface area contributed by atoms with E-state index in [-0.39, 0.29) is 0 Å². The van der Waals surface area contributed by atoms with Gasteiger partial charge in [-0.25, -0.2) is 4.98 Å². The van der Waals surface area contributed by atoms with Crippen LogP contribution < -0.4 is 5.32 Å². The summed E-state index contributed by atoms with van der Waals surface area (Å²) in [5, 5.41) is 6.85. The second-order valence-electron chi connectivity index (χ2n) is 5.37. The molecule has 1 N–H and O–H groups in total. The van der Waals surface area contributed by atoms with E-state index in [9.17, 15) is 0 Å². The SMILES string of the molecule is Cc1csc(CNC(C)c2ccc3c(c2)CCC3)n1. The molecular formula is C16H20N2S. The van der Waals surface area contributed by atoms with Crippen molar-refractivity contribution in [3.05, 3.63) is 51.0 Å². The third-order valence-corrected chi connectivity index (χ3v) is 4.82. The molecule has 1 atom stereocenters. The van der Waals surface area contributed by atoms with Gasteiger partial charge in [-0.2, -0.15) is 0 Å². The van der Waals surface area contributed by atoms with Crippen LogP contribution in [-0.2, 0) is 19.4 Å². The summed E-state index contributed by atoms with van der Waals surface area (Å²) in [6.45, 7) is 5.14. The first-order valence-electron chi connectivity index (χ1n) is 6.98. The molecule has 100 valence electrons. The number of hydrogen-bond donors (Lipinski definition) is 1. The number of nitrogens with one attached hydrogen (secondary N) is 1. The van der Waals surface area contributed by atoms with E-state index in [1.54, 1.807) is 22.5 Å². The lowest BCUT2D eigenvalue weighted by atomic mass is 10.0. The Morgan fingerprint density at radius 3 is 2.95 bits per heavy atom. The van der Waals surface area contributed by atoms with Crippen LogP contribution in [0.4, 0.5) is 0 Å². The summed E-state index contributed by atoms with van der Waals surface area (Å²) in [7, 11) is 0. The molecule has 1 aromatic heterocycles. The lowest BCUT2D eigenvalue weighted by Gasteiger charge is -2.14. The van der Waals surface area contributed by atoms with E-state index in [4.69, 9.17) is 0 Å². The standard InChI is InChI=1S/C16H20N2S/c1-11-10-19-16(18-11)9-17-12(2)14-7-6-13-4-3-5-15(13)8-14/h6-8,10,12,17H,3-5,9H2,1-2H3. The molecule has 0 fully saturated rings. The molecular weight excluding hydrogens is 252 g/mol. The lowest BCUT2D eigenvalue weighted by Crippen LogP contribution is -2.18. The van der Waals surface area contributed by atoms with Crippen molar-refractivity contribution in [1.29, 1.82) is 0 Å². The van der Waals surface area contributed by atoms with Crippen LogP contribution >= 0.6 is 11.3 Å². The Morgan fingerprint density at radius 2 is 2.16 bits per heavy atom. The predicted molar refractivity (Wildman–Crippen MR) is 80.6 cm³/mol. The fraction of sp³-hybridized carbons (Fsp3) is 0.438. The number of aromatic nitrogens is 1. The van der Waals surface area contributed by atoms with Crippen molar-refractivity contribution in [1.82, 2.24) is 10.3 Å². The van der Waals surface area contributed by atoms with E-state index in [2.05, 4.69) is 40.8 Å². The molecule has 1 unspecified atom stereocenters. The first-order valence-corrected chi connectivity index (χ1v) is 7.86. The van der Waals surface area contributed by atoms with Crippen molar-refractivity contribution in [3.8, 4) is 0 Å². The van der Waals surface area contributed by atoms with E-state index in [1.165, 1.54) is 29.8 Å². The molecule has 0 radical (unpaired) electrons. The van der Waals surface area contributed by atoms with Crippen molar-refractivity contribution in [2.75, 3.05) is 0 Å². The smallest absolute Gasteiger partial charge is 0.107 e. The molecule has 0 bridgehead atoms. The second kappa shape index (κ2) is 5.43. The molecule has 0 spiro atoms. The van der Waals surface area contributed by atoms with Crippen LogP contribution in [-0.4, -0.2) is 4.98 Å². The summed E-state index contributed by atoms with van der Waals surface area (Å²) in [5.74, 6) is 0. The summed E-state index contributed by atoms with van der Waals surface area (Å²) in [5.41, 5.74) is 5.61. The van der Waals surface area contributed by atoms with Gasteiger partial charge in [-0.15, -0.1) is 11.3 Å². The van der Waals surface area contributed by atoms with Gasteiger partial charge >= 0.3 is 0 Å². The summed E-state index contributed by atoms with van der Waals surface area (Å²) < 4.78 is 0. The van der Waals surface area contributed by atoms with Crippen LogP contribution in [0, 0.1) is 6.92 Å². The van der Waals surface area contributed by atoms with Gasteiger partial charge in [0.2, 0.25) is 0 Å². The Labute approximate surface area is 118 Å². The highest BCUT2D eigenvalue weighted by Crippen LogP contribution is 2.25. The molecule has 0 saturated heterocycles. The molecule has 1 heterocycles. The van der Waals surface area contributed by atoms with Crippen LogP contribution in [0.3, 0.4) is 0 Å². The Hall–Kier alpha value is -1.19. The topological polar surface area (TPSA) is 24.9 Å². The highest BCUT2D eigenvalue weighted by Gasteiger charge is 2.13. The fourth-order valence-corrected chi connectivity index (χ4v) is 3.43. The molecule has 3 heteroatoms. The molecule has 2 aromatic rings. The number of rotatable bonds is 4. The lowest BCUT2D eigenvalue weighted by molar-refractivity contribution is 0.572. The second-order valence-corrected chi connectivity index (χ2v) is 6.31. The molecule has 0 amide bonds. The maximum Gasteiger partial charge on any atom is 0.107 e. The average molecular weight is 272 g/mol. The minimum absolute atomic E-state index is 0.384. The summed E-state index contributed by atoms with van der Waals surface area (Å²) in [4.78, 5) is 4.49. The number of fused-ring (bicyclic) bond motifs is 1. The van der Waals surface area contributed by atoms with Gasteiger partial charge in [0.1, 0.15) is 5.01 Å². The Kier molecular flexibility index (Phi) is 3.67. The minimum Gasteiger partial charge on any atom is -0.304 e. The molecule has 1 aliphatic carbocycles. The van der Waals surface area contributed by atoms with E-state index < -0.39 is 0 Å². The number of aryl methyl sites for hydroxylation is 3. The molecule has 0 saturated carbocycles. The first-order chi connectivity index (χ1) is 9.22. The van der Waals surface area contributed by atoms with Crippen LogP contribution in [0.2, 0.25) is 0 Å². The fourth-order valence-electron chi connectivity index (χ4n) is 2.70. The van der Waals surface area contributed by atoms with Gasteiger partial charge in [0.15, 0.2) is 0 Å². The monoisotopic (exact) mass is 272 g/mol. The molecule has 1 aromatic carbocycles. The van der Waals surface area contributed by atoms with Crippen molar-refractivity contribution < 1.29 is 0 Å². The van der Waals surface area contributed by atoms with Crippen LogP contribution in [0.15, 0.2) is 23.6 Å². The highest BCUT2D eigenvalue weighted by atomic mass is 32.1. The van der Waals surface area contributed by atoms with Crippen molar-refractivity contribution in [3.63, 3.8) is 0 Å². The summed E-state index contributed by atoms with van der Waals surface area (Å²) >= 11 is 1.73. The Bertz CT molecular complexity index is 574. The van der Waals surface area contributed by atoms with Gasteiger partial charge in [-0.3, -0.25) is 0 Å². The zero-order valence-corrected chi connectivity index (χ0v) is 12.4. The molecule has 19 heavy (non-hydrogen) atoms. The number of benzene rings is 1. The number of nitrogens with zero attached hydrogens (tertiary/aromatic N) is 1. The third kappa shape index (κ3) is 2.88. The van der Waals surface area contributed by atoms with E-state index in [0.717, 1.165) is 12.2 Å². The van der Waals surface area contributed by atoms with E-state index in [0.29, 0.717) is 6.04 Å². The normalized spacial score (nSPS) is 15.5. The van der Waals surface area contributed by atoms with Gasteiger partial charge in [-0.05, 0) is 49.8 Å². The van der Waals surface area contributed by atoms with Crippen molar-refractivity contribution in [2.24, 2.45) is 0 Å². The third-order valence-electron chi connectivity index (χ3n) is 3.85. The maximum absolute atomic E-state index is 4.49. The van der Waals surface area contributed by atoms with E-state index in [1.807, 2.05) is 6.92 Å². The minimum atomic E-state index is 0.384. The zero-order valence-electron chi connectivity index (χ0n) is 11.6. The van der Waals surface area contributed by atoms with Crippen molar-refractivity contribution >= 4 is 11.3 Å². The average Bonchev–Trinajstić information content (AvgIpc) is 3.03. The first kappa shape index (κ1) is 12.8. The summed E-state index contributed by atoms with van der Waals surface area (Å²) in [6.07, 6.45) is 3.83. The maximum atomic E-state index is 4.49. The molecule has 2 nitrogen and oxygen atoms in total.